The third-order valence-corrected chi connectivity index (χ3v) is 10.4. The molecule has 3 heterocycles. The number of sulfonamides is 1. The molecule has 2 saturated carbocycles. The number of pyridine rings is 1. The van der Waals surface area contributed by atoms with E-state index in [9.17, 15) is 13.2 Å². The summed E-state index contributed by atoms with van der Waals surface area (Å²) in [5, 5.41) is 0. The smallest absolute Gasteiger partial charge is 0.264 e. The molecule has 0 spiro atoms. The minimum Gasteiger partial charge on any atom is -0.489 e. The summed E-state index contributed by atoms with van der Waals surface area (Å²) >= 11 is 0. The fourth-order valence-corrected chi connectivity index (χ4v) is 7.07. The molecule has 1 N–H and O–H groups in total. The van der Waals surface area contributed by atoms with Gasteiger partial charge in [0, 0.05) is 23.3 Å². The third kappa shape index (κ3) is 6.78. The van der Waals surface area contributed by atoms with E-state index in [1.165, 1.54) is 30.5 Å². The van der Waals surface area contributed by atoms with Gasteiger partial charge in [-0.05, 0) is 74.8 Å². The van der Waals surface area contributed by atoms with Crippen molar-refractivity contribution in [2.45, 2.75) is 76.0 Å². The van der Waals surface area contributed by atoms with Gasteiger partial charge in [0.1, 0.15) is 18.2 Å². The largest absolute Gasteiger partial charge is 0.489 e. The Balaban J connectivity index is 1.30. The molecule has 4 aromatic rings. The zero-order valence-corrected chi connectivity index (χ0v) is 27.1. The molecule has 1 aliphatic heterocycles. The van der Waals surface area contributed by atoms with E-state index in [2.05, 4.69) is 19.7 Å². The number of nitrogens with one attached hydrogen (secondary N) is 1. The number of hydrogen-bond donors (Lipinski definition) is 1. The molecule has 0 unspecified atom stereocenters. The van der Waals surface area contributed by atoms with E-state index in [1.54, 1.807) is 17.0 Å². The number of nitrogens with zero attached hydrogens (tertiary/aromatic N) is 4. The van der Waals surface area contributed by atoms with Gasteiger partial charge < -0.3 is 14.4 Å². The van der Waals surface area contributed by atoms with Crippen molar-refractivity contribution in [3.63, 3.8) is 0 Å². The molecule has 2 aromatic heterocycles. The summed E-state index contributed by atoms with van der Waals surface area (Å²) < 4.78 is 57.3. The predicted molar refractivity (Wildman–Crippen MR) is 173 cm³/mol. The van der Waals surface area contributed by atoms with E-state index in [1.807, 2.05) is 32.0 Å². The summed E-state index contributed by atoms with van der Waals surface area (Å²) in [5.41, 5.74) is 3.46. The summed E-state index contributed by atoms with van der Waals surface area (Å²) in [4.78, 5) is 29.0. The van der Waals surface area contributed by atoms with E-state index in [4.69, 9.17) is 9.47 Å². The monoisotopic (exact) mass is 657 g/mol. The molecule has 3 aliphatic rings. The molecule has 10 nitrogen and oxygen atoms in total. The number of amides is 1. The van der Waals surface area contributed by atoms with Gasteiger partial charge in [0.05, 0.1) is 41.2 Å². The van der Waals surface area contributed by atoms with Crippen LogP contribution in [0.5, 0.6) is 11.6 Å². The van der Waals surface area contributed by atoms with Crippen LogP contribution >= 0.6 is 0 Å². The SMILES string of the molecule is Cc1cccc(C)c1-c1cc2nc(n1)NS(=O)(=O)c1cccc(c1)C(=O)N(Cc1ncc(OC3CCC3)cc1F)[C@H](CC1CC1)CO2. The highest BCUT2D eigenvalue weighted by atomic mass is 32.2. The van der Waals surface area contributed by atoms with Gasteiger partial charge >= 0.3 is 0 Å². The quantitative estimate of drug-likeness (QED) is 0.248. The highest BCUT2D eigenvalue weighted by Gasteiger charge is 2.34. The molecule has 2 aromatic carbocycles. The van der Waals surface area contributed by atoms with Crippen LogP contribution in [0.25, 0.3) is 11.3 Å². The topological polar surface area (TPSA) is 124 Å². The predicted octanol–water partition coefficient (Wildman–Crippen LogP) is 6.23. The Hall–Kier alpha value is -4.58. The van der Waals surface area contributed by atoms with Crippen molar-refractivity contribution in [1.82, 2.24) is 19.9 Å². The highest BCUT2D eigenvalue weighted by Crippen LogP contribution is 2.36. The Bertz CT molecular complexity index is 1930. The lowest BCUT2D eigenvalue weighted by atomic mass is 9.96. The van der Waals surface area contributed by atoms with Gasteiger partial charge in [0.15, 0.2) is 0 Å². The van der Waals surface area contributed by atoms with Crippen LogP contribution in [0, 0.1) is 25.6 Å². The fourth-order valence-electron chi connectivity index (χ4n) is 6.08. The van der Waals surface area contributed by atoms with Crippen molar-refractivity contribution >= 4 is 21.9 Å². The second-order valence-corrected chi connectivity index (χ2v) is 14.3. The average molecular weight is 658 g/mol. The number of fused-ring (bicyclic) bond motifs is 4. The number of hydrogen-bond acceptors (Lipinski definition) is 8. The van der Waals surface area contributed by atoms with Gasteiger partial charge in [-0.2, -0.15) is 4.98 Å². The normalized spacial score (nSPS) is 19.3. The maximum absolute atomic E-state index is 15.5. The van der Waals surface area contributed by atoms with E-state index in [-0.39, 0.29) is 47.2 Å². The summed E-state index contributed by atoms with van der Waals surface area (Å²) in [7, 11) is -4.21. The molecule has 1 amide bonds. The number of carbonyl (C=O) groups is 1. The lowest BCUT2D eigenvalue weighted by molar-refractivity contribution is 0.0557. The first-order valence-electron chi connectivity index (χ1n) is 16.0. The first-order valence-corrected chi connectivity index (χ1v) is 17.4. The number of aryl methyl sites for hydroxylation is 2. The van der Waals surface area contributed by atoms with Crippen LogP contribution in [-0.2, 0) is 16.6 Å². The number of aromatic nitrogens is 3. The van der Waals surface area contributed by atoms with E-state index in [0.29, 0.717) is 23.8 Å². The number of rotatable bonds is 7. The number of ether oxygens (including phenoxy) is 2. The Labute approximate surface area is 273 Å². The van der Waals surface area contributed by atoms with Crippen molar-refractivity contribution in [1.29, 1.82) is 0 Å². The van der Waals surface area contributed by atoms with Gasteiger partial charge in [0.2, 0.25) is 11.8 Å². The molecule has 12 heteroatoms. The van der Waals surface area contributed by atoms with Crippen LogP contribution in [0.4, 0.5) is 10.3 Å². The van der Waals surface area contributed by atoms with Crippen molar-refractivity contribution in [2.75, 3.05) is 11.3 Å². The molecular formula is C35H36FN5O5S. The molecule has 2 fully saturated rings. The maximum Gasteiger partial charge on any atom is 0.264 e. The minimum atomic E-state index is -4.21. The zero-order chi connectivity index (χ0) is 32.7. The number of anilines is 1. The number of carbonyl (C=O) groups excluding carboxylic acids is 1. The standard InChI is InChI=1S/C35H36FN5O5S/c1-21-6-3-7-22(2)33(21)30-17-32-39-35(38-30)40-47(43,44)28-11-4-8-24(15-28)34(42)41(25(20-45-32)14-23-12-13-23)19-31-29(36)16-27(18-37-31)46-26-9-5-10-26/h3-4,6-8,11,15-18,23,25-26H,5,9-10,12-14,19-20H2,1-2H3,(H,38,39,40)/t25-/m1/s1. The summed E-state index contributed by atoms with van der Waals surface area (Å²) in [6.07, 6.45) is 7.16. The first kappa shape index (κ1) is 31.0. The van der Waals surface area contributed by atoms with Gasteiger partial charge in [-0.1, -0.05) is 37.1 Å². The van der Waals surface area contributed by atoms with E-state index in [0.717, 1.165) is 48.8 Å². The highest BCUT2D eigenvalue weighted by molar-refractivity contribution is 7.92. The number of halogens is 1. The molecule has 244 valence electrons. The van der Waals surface area contributed by atoms with E-state index < -0.39 is 27.8 Å². The zero-order valence-electron chi connectivity index (χ0n) is 26.3. The van der Waals surface area contributed by atoms with Crippen molar-refractivity contribution in [2.24, 2.45) is 5.92 Å². The third-order valence-electron chi connectivity index (χ3n) is 9.05. The van der Waals surface area contributed by atoms with Gasteiger partial charge in [0.25, 0.3) is 15.9 Å². The van der Waals surface area contributed by atoms with Crippen LogP contribution in [0.1, 0.15) is 65.7 Å². The molecule has 7 rings (SSSR count). The van der Waals surface area contributed by atoms with Gasteiger partial charge in [-0.15, -0.1) is 0 Å². The minimum absolute atomic E-state index is 0.0435. The van der Waals surface area contributed by atoms with Gasteiger partial charge in [-0.3, -0.25) is 9.78 Å². The van der Waals surface area contributed by atoms with Crippen molar-refractivity contribution in [3.05, 3.63) is 89.0 Å². The fraction of sp³-hybridized carbons (Fsp3) is 0.371. The van der Waals surface area contributed by atoms with Crippen LogP contribution in [0.3, 0.4) is 0 Å². The first-order chi connectivity index (χ1) is 22.6. The molecule has 0 radical (unpaired) electrons. The average Bonchev–Trinajstić information content (AvgIpc) is 3.84. The Morgan fingerprint density at radius 1 is 1.02 bits per heavy atom. The molecular weight excluding hydrogens is 621 g/mol. The second kappa shape index (κ2) is 12.6. The maximum atomic E-state index is 15.5. The summed E-state index contributed by atoms with van der Waals surface area (Å²) in [5.74, 6) is -0.304. The molecule has 0 saturated heterocycles. The Kier molecular flexibility index (Phi) is 8.29. The Morgan fingerprint density at radius 2 is 1.79 bits per heavy atom. The van der Waals surface area contributed by atoms with Crippen LogP contribution in [0.15, 0.2) is 65.7 Å². The molecule has 4 bridgehead atoms. The van der Waals surface area contributed by atoms with E-state index >= 15 is 4.39 Å². The van der Waals surface area contributed by atoms with Crippen molar-refractivity contribution < 1.29 is 27.1 Å². The lowest BCUT2D eigenvalue weighted by Crippen LogP contribution is -2.44. The molecule has 2 aliphatic carbocycles. The lowest BCUT2D eigenvalue weighted by Gasteiger charge is -2.32. The summed E-state index contributed by atoms with van der Waals surface area (Å²) in [6.45, 7) is 3.81. The molecule has 47 heavy (non-hydrogen) atoms. The number of benzene rings is 2. The van der Waals surface area contributed by atoms with Crippen molar-refractivity contribution in [3.8, 4) is 22.9 Å². The molecule has 1 atom stereocenters. The summed E-state index contributed by atoms with van der Waals surface area (Å²) in [6, 6.07) is 14.1. The van der Waals surface area contributed by atoms with Crippen LogP contribution in [-0.4, -0.2) is 52.9 Å². The second-order valence-electron chi connectivity index (χ2n) is 12.7. The van der Waals surface area contributed by atoms with Crippen LogP contribution < -0.4 is 14.2 Å². The van der Waals surface area contributed by atoms with Gasteiger partial charge in [-0.25, -0.2) is 22.5 Å². The van der Waals surface area contributed by atoms with Crippen LogP contribution in [0.2, 0.25) is 0 Å². The Morgan fingerprint density at radius 3 is 2.49 bits per heavy atom.